The summed E-state index contributed by atoms with van der Waals surface area (Å²) in [6.45, 7) is 3.35. The van der Waals surface area contributed by atoms with Crippen molar-refractivity contribution in [2.24, 2.45) is 0 Å². The van der Waals surface area contributed by atoms with E-state index in [9.17, 15) is 0 Å². The van der Waals surface area contributed by atoms with E-state index >= 15 is 0 Å². The van der Waals surface area contributed by atoms with E-state index in [0.717, 1.165) is 12.5 Å². The molecule has 0 amide bonds. The molecule has 1 aliphatic rings. The Balaban J connectivity index is 1.54. The smallest absolute Gasteiger partial charge is 0.203 e. The van der Waals surface area contributed by atoms with Crippen molar-refractivity contribution in [1.29, 1.82) is 0 Å². The molecule has 1 aromatic rings. The molecule has 2 rings (SSSR count). The van der Waals surface area contributed by atoms with E-state index in [1.54, 1.807) is 0 Å². The molecule has 0 aromatic carbocycles. The average Bonchev–Trinajstić information content (AvgIpc) is 3.16. The summed E-state index contributed by atoms with van der Waals surface area (Å²) < 4.78 is 2.36. The third kappa shape index (κ3) is 5.72. The van der Waals surface area contributed by atoms with Crippen molar-refractivity contribution in [3.05, 3.63) is 12.4 Å². The lowest BCUT2D eigenvalue weighted by atomic mass is 10.1. The van der Waals surface area contributed by atoms with Crippen molar-refractivity contribution < 1.29 is 0 Å². The van der Waals surface area contributed by atoms with Gasteiger partial charge < -0.3 is 9.88 Å². The molecule has 0 radical (unpaired) electrons. The predicted molar refractivity (Wildman–Crippen MR) is 90.8 cm³/mol. The lowest BCUT2D eigenvalue weighted by molar-refractivity contribution is 0.522. The van der Waals surface area contributed by atoms with Crippen LogP contribution < -0.4 is 5.32 Å². The van der Waals surface area contributed by atoms with Crippen molar-refractivity contribution >= 4 is 5.95 Å². The van der Waals surface area contributed by atoms with Crippen molar-refractivity contribution in [2.75, 3.05) is 11.9 Å². The van der Waals surface area contributed by atoms with Gasteiger partial charge in [0.05, 0.1) is 0 Å². The Kier molecular flexibility index (Phi) is 7.69. The lowest BCUT2D eigenvalue weighted by Crippen LogP contribution is -2.11. The van der Waals surface area contributed by atoms with E-state index in [1.807, 2.05) is 6.20 Å². The third-order valence-electron chi connectivity index (χ3n) is 4.70. The van der Waals surface area contributed by atoms with E-state index in [2.05, 4.69) is 28.0 Å². The quantitative estimate of drug-likeness (QED) is 0.542. The van der Waals surface area contributed by atoms with E-state index in [1.165, 1.54) is 77.0 Å². The summed E-state index contributed by atoms with van der Waals surface area (Å²) in [5, 5.41) is 3.53. The normalized spacial score (nSPS) is 15.7. The summed E-state index contributed by atoms with van der Waals surface area (Å²) in [6, 6.07) is 0.688. The minimum Gasteiger partial charge on any atom is -0.356 e. The monoisotopic (exact) mass is 291 g/mol. The fourth-order valence-corrected chi connectivity index (χ4v) is 3.39. The van der Waals surface area contributed by atoms with Gasteiger partial charge in [-0.2, -0.15) is 0 Å². The molecule has 120 valence electrons. The molecular formula is C18H33N3. The summed E-state index contributed by atoms with van der Waals surface area (Å²) in [7, 11) is 0. The van der Waals surface area contributed by atoms with Crippen LogP contribution >= 0.6 is 0 Å². The highest BCUT2D eigenvalue weighted by Gasteiger charge is 2.18. The first-order valence-corrected chi connectivity index (χ1v) is 9.18. The molecule has 0 atom stereocenters. The van der Waals surface area contributed by atoms with Crippen LogP contribution in [0, 0.1) is 0 Å². The van der Waals surface area contributed by atoms with Crippen molar-refractivity contribution in [2.45, 2.75) is 90.0 Å². The first-order valence-electron chi connectivity index (χ1n) is 9.18. The number of rotatable bonds is 11. The fourth-order valence-electron chi connectivity index (χ4n) is 3.39. The maximum absolute atomic E-state index is 4.48. The molecule has 0 unspecified atom stereocenters. The van der Waals surface area contributed by atoms with Crippen LogP contribution in [0.2, 0.25) is 0 Å². The van der Waals surface area contributed by atoms with Gasteiger partial charge in [0, 0.05) is 25.0 Å². The first kappa shape index (κ1) is 16.4. The molecule has 1 aromatic heterocycles. The highest BCUT2D eigenvalue weighted by molar-refractivity contribution is 5.26. The number of hydrogen-bond acceptors (Lipinski definition) is 2. The predicted octanol–water partition coefficient (Wildman–Crippen LogP) is 5.55. The largest absolute Gasteiger partial charge is 0.356 e. The van der Waals surface area contributed by atoms with Crippen LogP contribution in [0.5, 0.6) is 0 Å². The van der Waals surface area contributed by atoms with Gasteiger partial charge in [-0.3, -0.25) is 0 Å². The zero-order valence-corrected chi connectivity index (χ0v) is 13.8. The Labute approximate surface area is 130 Å². The number of unbranched alkanes of at least 4 members (excludes halogenated alkanes) is 7. The van der Waals surface area contributed by atoms with E-state index in [0.29, 0.717) is 6.04 Å². The summed E-state index contributed by atoms with van der Waals surface area (Å²) >= 11 is 0. The van der Waals surface area contributed by atoms with Gasteiger partial charge in [-0.15, -0.1) is 0 Å². The SMILES string of the molecule is CCCCCCCCCCNc1nccn1C1CCCC1. The number of anilines is 1. The Morgan fingerprint density at radius 1 is 1.05 bits per heavy atom. The van der Waals surface area contributed by atoms with E-state index < -0.39 is 0 Å². The topological polar surface area (TPSA) is 29.9 Å². The Morgan fingerprint density at radius 2 is 1.71 bits per heavy atom. The Hall–Kier alpha value is -0.990. The minimum absolute atomic E-state index is 0.688. The average molecular weight is 291 g/mol. The first-order chi connectivity index (χ1) is 10.4. The zero-order valence-electron chi connectivity index (χ0n) is 13.8. The van der Waals surface area contributed by atoms with Crippen LogP contribution in [0.15, 0.2) is 12.4 Å². The van der Waals surface area contributed by atoms with Crippen molar-refractivity contribution in [1.82, 2.24) is 9.55 Å². The summed E-state index contributed by atoms with van der Waals surface area (Å²) in [5.74, 6) is 1.09. The molecule has 1 saturated carbocycles. The van der Waals surface area contributed by atoms with Gasteiger partial charge in [0.15, 0.2) is 0 Å². The highest BCUT2D eigenvalue weighted by Crippen LogP contribution is 2.31. The maximum atomic E-state index is 4.48. The lowest BCUT2D eigenvalue weighted by Gasteiger charge is -2.15. The molecule has 0 spiro atoms. The van der Waals surface area contributed by atoms with Gasteiger partial charge in [0.1, 0.15) is 0 Å². The second-order valence-corrected chi connectivity index (χ2v) is 6.50. The van der Waals surface area contributed by atoms with Crippen LogP contribution in [0.25, 0.3) is 0 Å². The van der Waals surface area contributed by atoms with Crippen LogP contribution in [-0.2, 0) is 0 Å². The number of nitrogens with one attached hydrogen (secondary N) is 1. The molecule has 0 aliphatic heterocycles. The Bertz CT molecular complexity index is 366. The molecule has 0 saturated heterocycles. The molecule has 1 aliphatic carbocycles. The molecule has 0 bridgehead atoms. The molecule has 1 fully saturated rings. The number of aromatic nitrogens is 2. The van der Waals surface area contributed by atoms with Gasteiger partial charge in [0.2, 0.25) is 5.95 Å². The molecular weight excluding hydrogens is 258 g/mol. The van der Waals surface area contributed by atoms with E-state index in [4.69, 9.17) is 0 Å². The summed E-state index contributed by atoms with van der Waals surface area (Å²) in [4.78, 5) is 4.48. The van der Waals surface area contributed by atoms with Gasteiger partial charge in [-0.1, -0.05) is 64.7 Å². The minimum atomic E-state index is 0.688. The molecule has 1 N–H and O–H groups in total. The van der Waals surface area contributed by atoms with E-state index in [-0.39, 0.29) is 0 Å². The van der Waals surface area contributed by atoms with Gasteiger partial charge in [-0.25, -0.2) is 4.98 Å². The molecule has 1 heterocycles. The second kappa shape index (κ2) is 9.86. The molecule has 3 heteroatoms. The van der Waals surface area contributed by atoms with Gasteiger partial charge in [0.25, 0.3) is 0 Å². The zero-order chi connectivity index (χ0) is 14.8. The summed E-state index contributed by atoms with van der Waals surface area (Å²) in [6.07, 6.45) is 20.5. The fraction of sp³-hybridized carbons (Fsp3) is 0.833. The number of imidazole rings is 1. The third-order valence-corrected chi connectivity index (χ3v) is 4.70. The van der Waals surface area contributed by atoms with Crippen LogP contribution in [0.4, 0.5) is 5.95 Å². The van der Waals surface area contributed by atoms with Crippen molar-refractivity contribution in [3.63, 3.8) is 0 Å². The molecule has 3 nitrogen and oxygen atoms in total. The maximum Gasteiger partial charge on any atom is 0.203 e. The van der Waals surface area contributed by atoms with Crippen LogP contribution in [-0.4, -0.2) is 16.1 Å². The van der Waals surface area contributed by atoms with Crippen LogP contribution in [0.1, 0.15) is 90.0 Å². The number of hydrogen-bond donors (Lipinski definition) is 1. The van der Waals surface area contributed by atoms with Crippen molar-refractivity contribution in [3.8, 4) is 0 Å². The molecule has 21 heavy (non-hydrogen) atoms. The van der Waals surface area contributed by atoms with Gasteiger partial charge in [-0.05, 0) is 19.3 Å². The highest BCUT2D eigenvalue weighted by atomic mass is 15.2. The standard InChI is InChI=1S/C18H33N3/c1-2-3-4-5-6-7-8-11-14-19-18-20-15-16-21(18)17-12-9-10-13-17/h15-17H,2-14H2,1H3,(H,19,20). The number of nitrogens with zero attached hydrogens (tertiary/aromatic N) is 2. The second-order valence-electron chi connectivity index (χ2n) is 6.50. The summed E-state index contributed by atoms with van der Waals surface area (Å²) in [5.41, 5.74) is 0. The van der Waals surface area contributed by atoms with Crippen LogP contribution in [0.3, 0.4) is 0 Å². The Morgan fingerprint density at radius 3 is 2.43 bits per heavy atom. The van der Waals surface area contributed by atoms with Gasteiger partial charge >= 0.3 is 0 Å².